The van der Waals surface area contributed by atoms with Crippen LogP contribution in [0.15, 0.2) is 40.5 Å². The molecule has 1 fully saturated rings. The van der Waals surface area contributed by atoms with E-state index in [0.717, 1.165) is 42.9 Å². The number of hydrogen-bond acceptors (Lipinski definition) is 5. The first-order chi connectivity index (χ1) is 13.5. The Balaban J connectivity index is 2.06. The first kappa shape index (κ1) is 20.3. The Morgan fingerprint density at radius 2 is 1.79 bits per heavy atom. The van der Waals surface area contributed by atoms with Crippen LogP contribution in [0, 0.1) is 5.92 Å². The van der Waals surface area contributed by atoms with Gasteiger partial charge in [0, 0.05) is 42.5 Å². The Hall–Kier alpha value is -2.43. The van der Waals surface area contributed by atoms with Gasteiger partial charge in [-0.1, -0.05) is 12.1 Å². The quantitative estimate of drug-likeness (QED) is 0.689. The third-order valence-corrected chi connectivity index (χ3v) is 5.78. The van der Waals surface area contributed by atoms with Gasteiger partial charge in [0.25, 0.3) is 0 Å². The van der Waals surface area contributed by atoms with Crippen LogP contribution >= 0.6 is 0 Å². The molecular weight excluding hydrogens is 352 g/mol. The van der Waals surface area contributed by atoms with Crippen LogP contribution in [0.4, 0.5) is 5.69 Å². The van der Waals surface area contributed by atoms with Crippen molar-refractivity contribution in [2.75, 3.05) is 24.6 Å². The lowest BCUT2D eigenvalue weighted by Crippen LogP contribution is -2.39. The Morgan fingerprint density at radius 3 is 2.39 bits per heavy atom. The number of aliphatic imine (C=N–C) groups is 1. The van der Waals surface area contributed by atoms with Crippen molar-refractivity contribution < 1.29 is 14.3 Å². The fourth-order valence-electron chi connectivity index (χ4n) is 4.44. The lowest BCUT2D eigenvalue weighted by atomic mass is 9.69. The second kappa shape index (κ2) is 8.72. The number of rotatable bonds is 6. The van der Waals surface area contributed by atoms with Crippen LogP contribution < -0.4 is 4.90 Å². The maximum absolute atomic E-state index is 12.8. The largest absolute Gasteiger partial charge is 0.463 e. The van der Waals surface area contributed by atoms with E-state index in [2.05, 4.69) is 48.0 Å². The molecule has 0 bridgehead atoms. The molecule has 28 heavy (non-hydrogen) atoms. The van der Waals surface area contributed by atoms with E-state index < -0.39 is 0 Å². The number of anilines is 1. The van der Waals surface area contributed by atoms with Gasteiger partial charge >= 0.3 is 5.97 Å². The van der Waals surface area contributed by atoms with Crippen molar-refractivity contribution in [2.24, 2.45) is 10.9 Å². The molecule has 1 aliphatic carbocycles. The van der Waals surface area contributed by atoms with Gasteiger partial charge in [-0.05, 0) is 58.2 Å². The van der Waals surface area contributed by atoms with Gasteiger partial charge in [0.15, 0.2) is 0 Å². The number of fused-ring (bicyclic) bond motifs is 1. The number of ketones is 1. The summed E-state index contributed by atoms with van der Waals surface area (Å²) in [6.07, 6.45) is 2.20. The van der Waals surface area contributed by atoms with E-state index in [9.17, 15) is 9.59 Å². The SMILES string of the molecule is CCOC(=O)C1=C(C)N=C2CCCC(=O)C2[C@H]1c1ccc(N(CC)CC)cc1. The van der Waals surface area contributed by atoms with E-state index in [1.165, 1.54) is 0 Å². The molecule has 1 aromatic rings. The fraction of sp³-hybridized carbons (Fsp3) is 0.522. The second-order valence-corrected chi connectivity index (χ2v) is 7.36. The minimum atomic E-state index is -0.362. The second-order valence-electron chi connectivity index (χ2n) is 7.36. The van der Waals surface area contributed by atoms with Crippen LogP contribution in [-0.2, 0) is 14.3 Å². The predicted molar refractivity (Wildman–Crippen MR) is 112 cm³/mol. The standard InChI is InChI=1S/C23H30N2O3/c1-5-25(6-2)17-13-11-16(12-14-17)21-20(23(27)28-7-3)15(4)24-18-9-8-10-19(26)22(18)21/h11-14,21-22H,5-10H2,1-4H3/t21-,22?/m0/s1. The van der Waals surface area contributed by atoms with Crippen molar-refractivity contribution in [3.8, 4) is 0 Å². The van der Waals surface area contributed by atoms with Gasteiger partial charge in [0.1, 0.15) is 5.78 Å². The smallest absolute Gasteiger partial charge is 0.336 e. The van der Waals surface area contributed by atoms with Crippen molar-refractivity contribution in [2.45, 2.75) is 52.9 Å². The van der Waals surface area contributed by atoms with E-state index in [0.29, 0.717) is 24.3 Å². The number of esters is 1. The zero-order valence-electron chi connectivity index (χ0n) is 17.3. The summed E-state index contributed by atoms with van der Waals surface area (Å²) in [5, 5.41) is 0. The first-order valence-corrected chi connectivity index (χ1v) is 10.3. The summed E-state index contributed by atoms with van der Waals surface area (Å²) in [6, 6.07) is 8.27. The highest BCUT2D eigenvalue weighted by Crippen LogP contribution is 2.43. The molecule has 0 aromatic heterocycles. The molecule has 1 aliphatic heterocycles. The highest BCUT2D eigenvalue weighted by Gasteiger charge is 2.43. The Kier molecular flexibility index (Phi) is 6.32. The first-order valence-electron chi connectivity index (χ1n) is 10.3. The van der Waals surface area contributed by atoms with Crippen LogP contribution in [0.2, 0.25) is 0 Å². The number of benzene rings is 1. The zero-order chi connectivity index (χ0) is 20.3. The molecule has 0 spiro atoms. The van der Waals surface area contributed by atoms with E-state index in [1.54, 1.807) is 6.92 Å². The summed E-state index contributed by atoms with van der Waals surface area (Å²) in [5.41, 5.74) is 4.25. The van der Waals surface area contributed by atoms with Crippen LogP contribution in [-0.4, -0.2) is 37.2 Å². The number of allylic oxidation sites excluding steroid dienone is 1. The molecule has 2 atom stereocenters. The summed E-state index contributed by atoms with van der Waals surface area (Å²) >= 11 is 0. The lowest BCUT2D eigenvalue weighted by molar-refractivity contribution is -0.139. The third kappa shape index (κ3) is 3.75. The summed E-state index contributed by atoms with van der Waals surface area (Å²) < 4.78 is 5.33. The van der Waals surface area contributed by atoms with Gasteiger partial charge in [0.2, 0.25) is 0 Å². The molecule has 1 saturated carbocycles. The maximum Gasteiger partial charge on any atom is 0.336 e. The zero-order valence-corrected chi connectivity index (χ0v) is 17.3. The molecule has 2 aliphatic rings. The number of ether oxygens (including phenoxy) is 1. The van der Waals surface area contributed by atoms with E-state index in [-0.39, 0.29) is 23.6 Å². The third-order valence-electron chi connectivity index (χ3n) is 5.78. The van der Waals surface area contributed by atoms with Crippen LogP contribution in [0.3, 0.4) is 0 Å². The molecule has 3 rings (SSSR count). The highest BCUT2D eigenvalue weighted by atomic mass is 16.5. The molecule has 150 valence electrons. The molecule has 5 nitrogen and oxygen atoms in total. The van der Waals surface area contributed by atoms with Crippen LogP contribution in [0.1, 0.15) is 58.4 Å². The van der Waals surface area contributed by atoms with Gasteiger partial charge < -0.3 is 9.64 Å². The number of hydrogen-bond donors (Lipinski definition) is 0. The van der Waals surface area contributed by atoms with Gasteiger partial charge in [-0.2, -0.15) is 0 Å². The molecule has 1 unspecified atom stereocenters. The summed E-state index contributed by atoms with van der Waals surface area (Å²) in [4.78, 5) is 32.5. The van der Waals surface area contributed by atoms with E-state index in [1.807, 2.05) is 6.92 Å². The lowest BCUT2D eigenvalue weighted by Gasteiger charge is -2.35. The summed E-state index contributed by atoms with van der Waals surface area (Å²) in [7, 11) is 0. The van der Waals surface area contributed by atoms with Crippen molar-refractivity contribution in [3.05, 3.63) is 41.1 Å². The molecular formula is C23H30N2O3. The number of carbonyl (C=O) groups is 2. The van der Waals surface area contributed by atoms with Gasteiger partial charge in [-0.15, -0.1) is 0 Å². The molecule has 1 aromatic carbocycles. The van der Waals surface area contributed by atoms with Crippen molar-refractivity contribution in [1.82, 2.24) is 0 Å². The number of carbonyl (C=O) groups excluding carboxylic acids is 2. The highest BCUT2D eigenvalue weighted by molar-refractivity contribution is 6.11. The maximum atomic E-state index is 12.8. The molecule has 0 amide bonds. The predicted octanol–water partition coefficient (Wildman–Crippen LogP) is 4.28. The number of Topliss-reactive ketones (excluding diaryl/α,β-unsaturated/α-hetero) is 1. The molecule has 0 saturated heterocycles. The monoisotopic (exact) mass is 382 g/mol. The molecule has 0 radical (unpaired) electrons. The fourth-order valence-corrected chi connectivity index (χ4v) is 4.44. The van der Waals surface area contributed by atoms with Crippen LogP contribution in [0.5, 0.6) is 0 Å². The number of nitrogens with zero attached hydrogens (tertiary/aromatic N) is 2. The summed E-state index contributed by atoms with van der Waals surface area (Å²) in [5.74, 6) is -0.850. The molecule has 0 N–H and O–H groups in total. The minimum Gasteiger partial charge on any atom is -0.463 e. The minimum absolute atomic E-state index is 0.178. The van der Waals surface area contributed by atoms with Gasteiger partial charge in [-0.3, -0.25) is 9.79 Å². The van der Waals surface area contributed by atoms with Crippen molar-refractivity contribution >= 4 is 23.2 Å². The summed E-state index contributed by atoms with van der Waals surface area (Å²) in [6.45, 7) is 10.1. The van der Waals surface area contributed by atoms with Gasteiger partial charge in [-0.25, -0.2) is 4.79 Å². The Labute approximate surface area is 167 Å². The normalized spacial score (nSPS) is 21.9. The van der Waals surface area contributed by atoms with E-state index >= 15 is 0 Å². The topological polar surface area (TPSA) is 59.0 Å². The molecule has 1 heterocycles. The average Bonchev–Trinajstić information content (AvgIpc) is 2.69. The Bertz CT molecular complexity index is 804. The van der Waals surface area contributed by atoms with Crippen molar-refractivity contribution in [3.63, 3.8) is 0 Å². The van der Waals surface area contributed by atoms with Crippen LogP contribution in [0.25, 0.3) is 0 Å². The van der Waals surface area contributed by atoms with E-state index in [4.69, 9.17) is 4.74 Å². The van der Waals surface area contributed by atoms with Crippen molar-refractivity contribution in [1.29, 1.82) is 0 Å². The molecule has 5 heteroatoms. The van der Waals surface area contributed by atoms with Gasteiger partial charge in [0.05, 0.1) is 18.1 Å². The average molecular weight is 383 g/mol. The Morgan fingerprint density at radius 1 is 1.11 bits per heavy atom.